The van der Waals surface area contributed by atoms with Crippen LogP contribution in [0.15, 0.2) is 40.9 Å². The third-order valence-electron chi connectivity index (χ3n) is 5.55. The number of carbonyl (C=O) groups excluding carboxylic acids is 1. The summed E-state index contributed by atoms with van der Waals surface area (Å²) < 4.78 is 5.59. The van der Waals surface area contributed by atoms with Crippen molar-refractivity contribution in [1.29, 1.82) is 0 Å². The number of likely N-dealkylation sites (tertiary alicyclic amines) is 2. The second-order valence-corrected chi connectivity index (χ2v) is 7.15. The molecule has 5 heteroatoms. The van der Waals surface area contributed by atoms with Gasteiger partial charge in [0.2, 0.25) is 5.91 Å². The minimum atomic E-state index is 0.209. The molecule has 2 atom stereocenters. The van der Waals surface area contributed by atoms with E-state index in [4.69, 9.17) is 4.52 Å². The van der Waals surface area contributed by atoms with Crippen molar-refractivity contribution in [2.75, 3.05) is 13.1 Å². The summed E-state index contributed by atoms with van der Waals surface area (Å²) in [7, 11) is 0. The van der Waals surface area contributed by atoms with Crippen LogP contribution in [0.5, 0.6) is 0 Å². The number of carbonyl (C=O) groups is 1. The van der Waals surface area contributed by atoms with Crippen LogP contribution >= 0.6 is 0 Å². The van der Waals surface area contributed by atoms with E-state index < -0.39 is 0 Å². The van der Waals surface area contributed by atoms with Gasteiger partial charge in [0.25, 0.3) is 0 Å². The highest BCUT2D eigenvalue weighted by Gasteiger charge is 2.38. The van der Waals surface area contributed by atoms with Crippen LogP contribution in [0.4, 0.5) is 0 Å². The largest absolute Gasteiger partial charge is 0.359 e. The fourth-order valence-electron chi connectivity index (χ4n) is 4.40. The van der Waals surface area contributed by atoms with Gasteiger partial charge >= 0.3 is 0 Å². The molecule has 2 fully saturated rings. The number of benzene rings is 1. The highest BCUT2D eigenvalue weighted by Crippen LogP contribution is 2.31. The van der Waals surface area contributed by atoms with E-state index in [1.165, 1.54) is 6.42 Å². The van der Waals surface area contributed by atoms with Gasteiger partial charge in [-0.25, -0.2) is 0 Å². The topological polar surface area (TPSA) is 49.6 Å². The van der Waals surface area contributed by atoms with E-state index >= 15 is 0 Å². The smallest absolute Gasteiger partial charge is 0.219 e. The molecule has 0 spiro atoms. The molecule has 0 aliphatic carbocycles. The summed E-state index contributed by atoms with van der Waals surface area (Å²) in [6.45, 7) is 4.44. The monoisotopic (exact) mass is 339 g/mol. The summed E-state index contributed by atoms with van der Waals surface area (Å²) in [6.07, 6.45) is 4.59. The fourth-order valence-corrected chi connectivity index (χ4v) is 4.40. The molecule has 3 heterocycles. The first kappa shape index (κ1) is 16.3. The van der Waals surface area contributed by atoms with Crippen LogP contribution in [-0.2, 0) is 11.3 Å². The van der Waals surface area contributed by atoms with Gasteiger partial charge in [-0.3, -0.25) is 9.69 Å². The summed E-state index contributed by atoms with van der Waals surface area (Å²) in [6, 6.07) is 13.0. The lowest BCUT2D eigenvalue weighted by Crippen LogP contribution is -2.47. The molecule has 2 aliphatic rings. The Morgan fingerprint density at radius 1 is 1.16 bits per heavy atom. The van der Waals surface area contributed by atoms with Crippen LogP contribution in [0.1, 0.15) is 38.4 Å². The molecule has 2 saturated heterocycles. The zero-order chi connectivity index (χ0) is 17.2. The summed E-state index contributed by atoms with van der Waals surface area (Å²) in [5, 5.41) is 4.23. The van der Waals surface area contributed by atoms with Gasteiger partial charge in [-0.05, 0) is 32.2 Å². The number of nitrogens with zero attached hydrogens (tertiary/aromatic N) is 3. The first-order valence-corrected chi connectivity index (χ1v) is 9.24. The Hall–Kier alpha value is -2.14. The van der Waals surface area contributed by atoms with Gasteiger partial charge < -0.3 is 9.42 Å². The van der Waals surface area contributed by atoms with Crippen LogP contribution in [-0.4, -0.2) is 46.0 Å². The molecule has 0 radical (unpaired) electrons. The quantitative estimate of drug-likeness (QED) is 0.857. The first-order chi connectivity index (χ1) is 12.2. The highest BCUT2D eigenvalue weighted by atomic mass is 16.5. The molecule has 0 N–H and O–H groups in total. The minimum Gasteiger partial charge on any atom is -0.359 e. The summed E-state index contributed by atoms with van der Waals surface area (Å²) in [5.41, 5.74) is 1.96. The van der Waals surface area contributed by atoms with Crippen molar-refractivity contribution < 1.29 is 9.32 Å². The maximum Gasteiger partial charge on any atom is 0.219 e. The molecule has 5 nitrogen and oxygen atoms in total. The van der Waals surface area contributed by atoms with Crippen LogP contribution in [0.2, 0.25) is 0 Å². The summed E-state index contributed by atoms with van der Waals surface area (Å²) in [4.78, 5) is 16.5. The van der Waals surface area contributed by atoms with Crippen LogP contribution in [0.3, 0.4) is 0 Å². The van der Waals surface area contributed by atoms with Crippen molar-refractivity contribution in [2.24, 2.45) is 0 Å². The average Bonchev–Trinajstić information content (AvgIpc) is 3.36. The van der Waals surface area contributed by atoms with E-state index in [2.05, 4.69) is 15.0 Å². The van der Waals surface area contributed by atoms with Crippen molar-refractivity contribution in [3.8, 4) is 11.3 Å². The molecule has 1 amide bonds. The number of hydrogen-bond donors (Lipinski definition) is 0. The lowest BCUT2D eigenvalue weighted by atomic mass is 10.0. The molecule has 132 valence electrons. The second kappa shape index (κ2) is 7.00. The van der Waals surface area contributed by atoms with Crippen molar-refractivity contribution >= 4 is 5.91 Å². The molecule has 2 aliphatic heterocycles. The summed E-state index contributed by atoms with van der Waals surface area (Å²) in [5.74, 6) is 1.11. The molecule has 0 bridgehead atoms. The molecule has 1 aromatic carbocycles. The maximum atomic E-state index is 11.9. The van der Waals surface area contributed by atoms with Crippen LogP contribution in [0, 0.1) is 0 Å². The Kier molecular flexibility index (Phi) is 4.57. The van der Waals surface area contributed by atoms with Crippen LogP contribution in [0.25, 0.3) is 11.3 Å². The third-order valence-corrected chi connectivity index (χ3v) is 5.55. The molecule has 25 heavy (non-hydrogen) atoms. The van der Waals surface area contributed by atoms with Gasteiger partial charge in [-0.2, -0.15) is 0 Å². The normalized spacial score (nSPS) is 24.1. The number of aromatic nitrogens is 1. The van der Waals surface area contributed by atoms with Gasteiger partial charge in [0.05, 0.1) is 6.54 Å². The van der Waals surface area contributed by atoms with Gasteiger partial charge in [0, 0.05) is 37.2 Å². The standard InChI is InChI=1S/C20H25N3O2/c1-15(24)23-12-6-10-20(23)19-9-5-11-22(19)14-17-13-18(21-25-17)16-7-3-2-4-8-16/h2-4,7-8,13,19-20H,5-6,9-12,14H2,1H3/t19-,20-/m1/s1. The van der Waals surface area contributed by atoms with Gasteiger partial charge in [-0.1, -0.05) is 35.5 Å². The third kappa shape index (κ3) is 3.33. The van der Waals surface area contributed by atoms with Gasteiger partial charge in [0.15, 0.2) is 5.76 Å². The van der Waals surface area contributed by atoms with E-state index in [1.54, 1.807) is 6.92 Å². The number of rotatable bonds is 4. The van der Waals surface area contributed by atoms with Crippen LogP contribution < -0.4 is 0 Å². The number of hydrogen-bond acceptors (Lipinski definition) is 4. The molecule has 0 unspecified atom stereocenters. The SMILES string of the molecule is CC(=O)N1CCC[C@@H]1[C@H]1CCCN1Cc1cc(-c2ccccc2)no1. The first-order valence-electron chi connectivity index (χ1n) is 9.24. The lowest BCUT2D eigenvalue weighted by molar-refractivity contribution is -0.130. The van der Waals surface area contributed by atoms with E-state index in [-0.39, 0.29) is 5.91 Å². The average molecular weight is 339 g/mol. The zero-order valence-electron chi connectivity index (χ0n) is 14.7. The molecule has 1 aromatic heterocycles. The Morgan fingerprint density at radius 2 is 1.92 bits per heavy atom. The Morgan fingerprint density at radius 3 is 2.72 bits per heavy atom. The fraction of sp³-hybridized carbons (Fsp3) is 0.500. The molecular weight excluding hydrogens is 314 g/mol. The lowest BCUT2D eigenvalue weighted by Gasteiger charge is -2.34. The Balaban J connectivity index is 1.47. The molecule has 4 rings (SSSR count). The minimum absolute atomic E-state index is 0.209. The van der Waals surface area contributed by atoms with E-state index in [0.717, 1.165) is 55.9 Å². The maximum absolute atomic E-state index is 11.9. The van der Waals surface area contributed by atoms with Crippen molar-refractivity contribution in [1.82, 2.24) is 15.0 Å². The Labute approximate surface area is 148 Å². The molecule has 0 saturated carbocycles. The van der Waals surface area contributed by atoms with E-state index in [1.807, 2.05) is 36.4 Å². The van der Waals surface area contributed by atoms with E-state index in [0.29, 0.717) is 12.1 Å². The summed E-state index contributed by atoms with van der Waals surface area (Å²) >= 11 is 0. The zero-order valence-corrected chi connectivity index (χ0v) is 14.7. The van der Waals surface area contributed by atoms with Crippen molar-refractivity contribution in [3.63, 3.8) is 0 Å². The Bertz CT molecular complexity index is 728. The van der Waals surface area contributed by atoms with Gasteiger partial charge in [-0.15, -0.1) is 0 Å². The van der Waals surface area contributed by atoms with Crippen molar-refractivity contribution in [2.45, 2.75) is 51.2 Å². The second-order valence-electron chi connectivity index (χ2n) is 7.15. The van der Waals surface area contributed by atoms with Crippen molar-refractivity contribution in [3.05, 3.63) is 42.2 Å². The predicted octanol–water partition coefficient (Wildman–Crippen LogP) is 3.32. The van der Waals surface area contributed by atoms with E-state index in [9.17, 15) is 4.79 Å². The number of amides is 1. The van der Waals surface area contributed by atoms with Gasteiger partial charge in [0.1, 0.15) is 5.69 Å². The molecular formula is C20H25N3O2. The molecule has 2 aromatic rings. The highest BCUT2D eigenvalue weighted by molar-refractivity contribution is 5.74. The predicted molar refractivity (Wildman–Crippen MR) is 95.8 cm³/mol.